The molecule has 1 amide bonds. The summed E-state index contributed by atoms with van der Waals surface area (Å²) in [5.41, 5.74) is 1.87. The molecule has 1 aromatic carbocycles. The fourth-order valence-electron chi connectivity index (χ4n) is 2.61. The molecule has 3 rings (SSSR count). The zero-order chi connectivity index (χ0) is 13.3. The van der Waals surface area contributed by atoms with Gasteiger partial charge in [0.2, 0.25) is 11.9 Å². The van der Waals surface area contributed by atoms with E-state index in [1.54, 1.807) is 0 Å². The van der Waals surface area contributed by atoms with E-state index >= 15 is 0 Å². The van der Waals surface area contributed by atoms with Crippen LogP contribution in [0, 0.1) is 6.92 Å². The minimum Gasteiger partial charge on any atom is -0.294 e. The first kappa shape index (κ1) is 11.9. The second-order valence-electron chi connectivity index (χ2n) is 5.09. The molecule has 1 aliphatic carbocycles. The molecule has 0 bridgehead atoms. The lowest BCUT2D eigenvalue weighted by Gasteiger charge is -2.40. The lowest BCUT2D eigenvalue weighted by atomic mass is 9.63. The molecule has 0 aliphatic heterocycles. The van der Waals surface area contributed by atoms with Crippen LogP contribution < -0.4 is 5.32 Å². The number of hydrogen-bond donors (Lipinski definition) is 2. The number of aromatic nitrogens is 3. The van der Waals surface area contributed by atoms with Crippen molar-refractivity contribution >= 4 is 11.9 Å². The van der Waals surface area contributed by atoms with Crippen LogP contribution in [0.5, 0.6) is 0 Å². The second-order valence-corrected chi connectivity index (χ2v) is 5.09. The first-order valence-electron chi connectivity index (χ1n) is 6.45. The maximum atomic E-state index is 12.5. The molecular formula is C14H16N4O. The molecule has 0 radical (unpaired) electrons. The number of carbonyl (C=O) groups is 1. The van der Waals surface area contributed by atoms with Crippen LogP contribution in [0.4, 0.5) is 5.95 Å². The highest BCUT2D eigenvalue weighted by Gasteiger charge is 2.45. The van der Waals surface area contributed by atoms with Crippen molar-refractivity contribution in [3.63, 3.8) is 0 Å². The number of carbonyl (C=O) groups excluding carboxylic acids is 1. The summed E-state index contributed by atoms with van der Waals surface area (Å²) >= 11 is 0. The number of aromatic amines is 1. The van der Waals surface area contributed by atoms with Gasteiger partial charge in [0.05, 0.1) is 5.41 Å². The molecule has 1 aromatic heterocycles. The number of H-pyrrole nitrogens is 1. The maximum Gasteiger partial charge on any atom is 0.237 e. The van der Waals surface area contributed by atoms with Crippen molar-refractivity contribution in [2.45, 2.75) is 31.6 Å². The third kappa shape index (κ3) is 2.01. The van der Waals surface area contributed by atoms with Gasteiger partial charge in [-0.05, 0) is 25.3 Å². The molecule has 5 heteroatoms. The van der Waals surface area contributed by atoms with Crippen LogP contribution in [0.25, 0.3) is 0 Å². The molecule has 5 nitrogen and oxygen atoms in total. The van der Waals surface area contributed by atoms with Crippen LogP contribution >= 0.6 is 0 Å². The molecule has 0 atom stereocenters. The van der Waals surface area contributed by atoms with Crippen LogP contribution in [0.1, 0.15) is 30.4 Å². The zero-order valence-corrected chi connectivity index (χ0v) is 10.8. The number of anilines is 1. The van der Waals surface area contributed by atoms with Gasteiger partial charge in [-0.15, -0.1) is 0 Å². The standard InChI is InChI=1S/C14H16N4O/c1-10-4-2-5-11(8-10)14(6-3-7-14)12(19)17-13-15-9-16-18-13/h2,4-5,8-9H,3,6-7H2,1H3,(H2,15,16,17,18,19). The number of nitrogens with one attached hydrogen (secondary N) is 2. The molecule has 1 saturated carbocycles. The predicted octanol–water partition coefficient (Wildman–Crippen LogP) is 2.17. The first-order valence-corrected chi connectivity index (χ1v) is 6.45. The van der Waals surface area contributed by atoms with Gasteiger partial charge in [-0.1, -0.05) is 36.2 Å². The molecular weight excluding hydrogens is 240 g/mol. The van der Waals surface area contributed by atoms with Gasteiger partial charge in [-0.3, -0.25) is 10.1 Å². The van der Waals surface area contributed by atoms with Gasteiger partial charge >= 0.3 is 0 Å². The van der Waals surface area contributed by atoms with Gasteiger partial charge in [-0.25, -0.2) is 5.10 Å². The number of amides is 1. The summed E-state index contributed by atoms with van der Waals surface area (Å²) in [4.78, 5) is 16.5. The molecule has 1 heterocycles. The molecule has 1 aliphatic rings. The highest BCUT2D eigenvalue weighted by molar-refractivity contribution is 5.98. The molecule has 98 valence electrons. The molecule has 0 saturated heterocycles. The van der Waals surface area contributed by atoms with E-state index in [4.69, 9.17) is 0 Å². The lowest BCUT2D eigenvalue weighted by Crippen LogP contribution is -2.46. The fourth-order valence-corrected chi connectivity index (χ4v) is 2.61. The second kappa shape index (κ2) is 4.50. The van der Waals surface area contributed by atoms with E-state index in [0.29, 0.717) is 5.95 Å². The monoisotopic (exact) mass is 256 g/mol. The summed E-state index contributed by atoms with van der Waals surface area (Å²) in [7, 11) is 0. The van der Waals surface area contributed by atoms with E-state index in [-0.39, 0.29) is 5.91 Å². The topological polar surface area (TPSA) is 70.7 Å². The Bertz CT molecular complexity index is 587. The van der Waals surface area contributed by atoms with Crippen LogP contribution in [-0.2, 0) is 10.2 Å². The van der Waals surface area contributed by atoms with Gasteiger partial charge in [0.25, 0.3) is 0 Å². The molecule has 2 aromatic rings. The van der Waals surface area contributed by atoms with Crippen LogP contribution in [0.15, 0.2) is 30.6 Å². The molecule has 19 heavy (non-hydrogen) atoms. The van der Waals surface area contributed by atoms with Crippen LogP contribution in [0.3, 0.4) is 0 Å². The van der Waals surface area contributed by atoms with Crippen molar-refractivity contribution in [1.82, 2.24) is 15.2 Å². The van der Waals surface area contributed by atoms with Gasteiger partial charge in [-0.2, -0.15) is 10.1 Å². The summed E-state index contributed by atoms with van der Waals surface area (Å²) in [5.74, 6) is 0.407. The molecule has 1 fully saturated rings. The largest absolute Gasteiger partial charge is 0.294 e. The Labute approximate surface area is 111 Å². The highest BCUT2D eigenvalue weighted by atomic mass is 16.2. The number of hydrogen-bond acceptors (Lipinski definition) is 3. The third-order valence-electron chi connectivity index (χ3n) is 3.86. The average Bonchev–Trinajstić information content (AvgIpc) is 2.80. The number of rotatable bonds is 3. The Hall–Kier alpha value is -2.17. The Morgan fingerprint density at radius 1 is 1.42 bits per heavy atom. The fraction of sp³-hybridized carbons (Fsp3) is 0.357. The number of nitrogens with zero attached hydrogens (tertiary/aromatic N) is 2. The Morgan fingerprint density at radius 2 is 2.26 bits per heavy atom. The first-order chi connectivity index (χ1) is 9.21. The van der Waals surface area contributed by atoms with Crippen molar-refractivity contribution in [2.75, 3.05) is 5.32 Å². The Morgan fingerprint density at radius 3 is 2.84 bits per heavy atom. The van der Waals surface area contributed by atoms with Crippen molar-refractivity contribution in [1.29, 1.82) is 0 Å². The molecule has 0 spiro atoms. The van der Waals surface area contributed by atoms with E-state index in [2.05, 4.69) is 26.6 Å². The quantitative estimate of drug-likeness (QED) is 0.884. The van der Waals surface area contributed by atoms with Crippen LogP contribution in [-0.4, -0.2) is 21.1 Å². The maximum absolute atomic E-state index is 12.5. The summed E-state index contributed by atoms with van der Waals surface area (Å²) in [6, 6.07) is 8.18. The van der Waals surface area contributed by atoms with E-state index in [1.165, 1.54) is 11.9 Å². The smallest absolute Gasteiger partial charge is 0.237 e. The van der Waals surface area contributed by atoms with Crippen molar-refractivity contribution < 1.29 is 4.79 Å². The predicted molar refractivity (Wildman–Crippen MR) is 71.7 cm³/mol. The van der Waals surface area contributed by atoms with E-state index in [0.717, 1.165) is 24.8 Å². The Balaban J connectivity index is 1.88. The minimum absolute atomic E-state index is 0.00102. The van der Waals surface area contributed by atoms with Crippen molar-refractivity contribution in [3.05, 3.63) is 41.7 Å². The van der Waals surface area contributed by atoms with E-state index in [1.807, 2.05) is 25.1 Å². The van der Waals surface area contributed by atoms with Gasteiger partial charge in [0.1, 0.15) is 6.33 Å². The minimum atomic E-state index is -0.404. The summed E-state index contributed by atoms with van der Waals surface area (Å²) in [6.07, 6.45) is 4.24. The highest BCUT2D eigenvalue weighted by Crippen LogP contribution is 2.44. The average molecular weight is 256 g/mol. The lowest BCUT2D eigenvalue weighted by molar-refractivity contribution is -0.124. The van der Waals surface area contributed by atoms with Crippen LogP contribution in [0.2, 0.25) is 0 Å². The zero-order valence-electron chi connectivity index (χ0n) is 10.8. The van der Waals surface area contributed by atoms with Gasteiger partial charge in [0, 0.05) is 0 Å². The van der Waals surface area contributed by atoms with Crippen molar-refractivity contribution in [2.24, 2.45) is 0 Å². The van der Waals surface area contributed by atoms with E-state index < -0.39 is 5.41 Å². The molecule has 2 N–H and O–H groups in total. The third-order valence-corrected chi connectivity index (χ3v) is 3.86. The number of aryl methyl sites for hydroxylation is 1. The molecule has 0 unspecified atom stereocenters. The summed E-state index contributed by atoms with van der Waals surface area (Å²) in [5, 5.41) is 9.21. The normalized spacial score (nSPS) is 16.7. The summed E-state index contributed by atoms with van der Waals surface area (Å²) < 4.78 is 0. The van der Waals surface area contributed by atoms with Gasteiger partial charge < -0.3 is 0 Å². The van der Waals surface area contributed by atoms with Crippen molar-refractivity contribution in [3.8, 4) is 0 Å². The number of benzene rings is 1. The summed E-state index contributed by atoms with van der Waals surface area (Å²) in [6.45, 7) is 2.05. The SMILES string of the molecule is Cc1cccc(C2(C(=O)Nc3ncn[nH]3)CCC2)c1. The Kier molecular flexibility index (Phi) is 2.81. The van der Waals surface area contributed by atoms with Gasteiger partial charge in [0.15, 0.2) is 0 Å². The van der Waals surface area contributed by atoms with E-state index in [9.17, 15) is 4.79 Å².